The fourth-order valence-electron chi connectivity index (χ4n) is 2.53. The minimum Gasteiger partial charge on any atom is -0.364 e. The third-order valence-electron chi connectivity index (χ3n) is 3.79. The highest BCUT2D eigenvalue weighted by Gasteiger charge is 2.18. The summed E-state index contributed by atoms with van der Waals surface area (Å²) in [5, 5.41) is 21.5. The van der Waals surface area contributed by atoms with E-state index < -0.39 is 0 Å². The van der Waals surface area contributed by atoms with E-state index in [4.69, 9.17) is 4.52 Å². The Morgan fingerprint density at radius 2 is 2.18 bits per heavy atom. The van der Waals surface area contributed by atoms with Crippen LogP contribution in [0.4, 0.5) is 5.82 Å². The summed E-state index contributed by atoms with van der Waals surface area (Å²) in [4.78, 5) is 0.940. The number of thiophene rings is 1. The van der Waals surface area contributed by atoms with E-state index in [0.29, 0.717) is 6.54 Å². The zero-order valence-electron chi connectivity index (χ0n) is 12.4. The van der Waals surface area contributed by atoms with Gasteiger partial charge >= 0.3 is 0 Å². The third kappa shape index (κ3) is 1.87. The zero-order valence-corrected chi connectivity index (χ0v) is 13.2. The highest BCUT2D eigenvalue weighted by atomic mass is 32.1. The van der Waals surface area contributed by atoms with Crippen LogP contribution in [0.25, 0.3) is 20.4 Å². The smallest absolute Gasteiger partial charge is 0.166 e. The highest BCUT2D eigenvalue weighted by Crippen LogP contribution is 2.38. The Bertz CT molecular complexity index is 969. The Morgan fingerprint density at radius 3 is 2.95 bits per heavy atom. The second kappa shape index (κ2) is 4.77. The molecule has 8 heteroatoms. The second-order valence-electron chi connectivity index (χ2n) is 5.19. The predicted molar refractivity (Wildman–Crippen MR) is 85.0 cm³/mol. The Kier molecular flexibility index (Phi) is 2.86. The molecule has 0 unspecified atom stereocenters. The molecule has 1 N–H and O–H groups in total. The lowest BCUT2D eigenvalue weighted by atomic mass is 10.1. The van der Waals surface area contributed by atoms with Gasteiger partial charge in [-0.15, -0.1) is 16.4 Å². The molecule has 0 amide bonds. The van der Waals surface area contributed by atoms with Crippen molar-refractivity contribution in [3.8, 4) is 0 Å². The molecular formula is C14H14N6OS. The average Bonchev–Trinajstić information content (AvgIpc) is 3.19. The topological polar surface area (TPSA) is 81.7 Å². The molecule has 4 aromatic rings. The van der Waals surface area contributed by atoms with Crippen molar-refractivity contribution in [1.82, 2.24) is 25.1 Å². The summed E-state index contributed by atoms with van der Waals surface area (Å²) in [5.74, 6) is 0.834. The summed E-state index contributed by atoms with van der Waals surface area (Å²) >= 11 is 1.61. The van der Waals surface area contributed by atoms with Crippen LogP contribution < -0.4 is 5.32 Å². The number of anilines is 1. The van der Waals surface area contributed by atoms with Gasteiger partial charge in [0.1, 0.15) is 16.8 Å². The van der Waals surface area contributed by atoms with E-state index in [0.717, 1.165) is 43.2 Å². The van der Waals surface area contributed by atoms with E-state index in [1.165, 1.54) is 0 Å². The molecule has 4 aromatic heterocycles. The summed E-state index contributed by atoms with van der Waals surface area (Å²) in [6.07, 6.45) is 1.56. The standard InChI is InChI=1S/C14H14N6OS/c1-7-8(2)16-17-14-10(7)11-12(22-14)13(18-20(11)3)15-6-9-4-5-21-19-9/h4-5H,6H2,1-3H3,(H,15,18). The number of aryl methyl sites for hydroxylation is 3. The largest absolute Gasteiger partial charge is 0.364 e. The van der Waals surface area contributed by atoms with Gasteiger partial charge in [-0.05, 0) is 19.4 Å². The first kappa shape index (κ1) is 13.2. The predicted octanol–water partition coefficient (Wildman–Crippen LogP) is 2.79. The molecule has 0 aliphatic heterocycles. The van der Waals surface area contributed by atoms with Gasteiger partial charge in [-0.25, -0.2) is 0 Å². The normalized spacial score (nSPS) is 11.6. The van der Waals surface area contributed by atoms with Gasteiger partial charge in [0.25, 0.3) is 0 Å². The molecule has 0 fully saturated rings. The van der Waals surface area contributed by atoms with Gasteiger partial charge in [-0.1, -0.05) is 5.16 Å². The Labute approximate surface area is 129 Å². The van der Waals surface area contributed by atoms with E-state index in [9.17, 15) is 0 Å². The summed E-state index contributed by atoms with van der Waals surface area (Å²) < 4.78 is 7.82. The summed E-state index contributed by atoms with van der Waals surface area (Å²) in [6.45, 7) is 4.62. The summed E-state index contributed by atoms with van der Waals surface area (Å²) in [7, 11) is 1.95. The van der Waals surface area contributed by atoms with Gasteiger partial charge in [0, 0.05) is 18.5 Å². The van der Waals surface area contributed by atoms with Crippen LogP contribution >= 0.6 is 11.3 Å². The van der Waals surface area contributed by atoms with Gasteiger partial charge in [0.15, 0.2) is 5.82 Å². The monoisotopic (exact) mass is 314 g/mol. The molecule has 4 rings (SSSR count). The number of rotatable bonds is 3. The molecular weight excluding hydrogens is 300 g/mol. The maximum absolute atomic E-state index is 4.84. The van der Waals surface area contributed by atoms with Crippen LogP contribution in [0.2, 0.25) is 0 Å². The molecule has 112 valence electrons. The highest BCUT2D eigenvalue weighted by molar-refractivity contribution is 7.26. The lowest BCUT2D eigenvalue weighted by molar-refractivity contribution is 0.412. The maximum atomic E-state index is 4.84. The molecule has 0 radical (unpaired) electrons. The molecule has 7 nitrogen and oxygen atoms in total. The van der Waals surface area contributed by atoms with Crippen LogP contribution in [0.15, 0.2) is 16.9 Å². The Balaban J connectivity index is 1.85. The van der Waals surface area contributed by atoms with E-state index >= 15 is 0 Å². The SMILES string of the molecule is Cc1nnc2sc3c(NCc4ccon4)nn(C)c3c2c1C. The van der Waals surface area contributed by atoms with Gasteiger partial charge in [0.05, 0.1) is 22.5 Å². The lowest BCUT2D eigenvalue weighted by Crippen LogP contribution is -2.01. The molecule has 0 atom stereocenters. The number of aromatic nitrogens is 5. The molecule has 0 saturated heterocycles. The fraction of sp³-hybridized carbons (Fsp3) is 0.286. The molecule has 4 heterocycles. The van der Waals surface area contributed by atoms with Crippen molar-refractivity contribution in [3.63, 3.8) is 0 Å². The molecule has 0 spiro atoms. The maximum Gasteiger partial charge on any atom is 0.166 e. The fourth-order valence-corrected chi connectivity index (χ4v) is 3.70. The first-order valence-corrected chi connectivity index (χ1v) is 7.69. The molecule has 0 aliphatic rings. The van der Waals surface area contributed by atoms with Crippen molar-refractivity contribution in [2.75, 3.05) is 5.32 Å². The number of hydrogen-bond acceptors (Lipinski definition) is 7. The second-order valence-corrected chi connectivity index (χ2v) is 6.19. The molecule has 0 bridgehead atoms. The van der Waals surface area contributed by atoms with Crippen molar-refractivity contribution in [3.05, 3.63) is 29.3 Å². The van der Waals surface area contributed by atoms with Crippen molar-refractivity contribution in [2.24, 2.45) is 7.05 Å². The van der Waals surface area contributed by atoms with Gasteiger partial charge in [0.2, 0.25) is 0 Å². The Hall–Kier alpha value is -2.48. The number of nitrogens with zero attached hydrogens (tertiary/aromatic N) is 5. The molecule has 0 saturated carbocycles. The van der Waals surface area contributed by atoms with Gasteiger partial charge in [-0.2, -0.15) is 10.2 Å². The van der Waals surface area contributed by atoms with E-state index in [1.807, 2.05) is 24.7 Å². The van der Waals surface area contributed by atoms with E-state index in [1.54, 1.807) is 17.6 Å². The number of nitrogens with one attached hydrogen (secondary N) is 1. The van der Waals surface area contributed by atoms with Crippen molar-refractivity contribution < 1.29 is 4.52 Å². The number of fused-ring (bicyclic) bond motifs is 3. The first-order chi connectivity index (χ1) is 10.6. The lowest BCUT2D eigenvalue weighted by Gasteiger charge is -2.00. The van der Waals surface area contributed by atoms with Crippen LogP contribution in [0.1, 0.15) is 17.0 Å². The van der Waals surface area contributed by atoms with Gasteiger partial charge in [-0.3, -0.25) is 4.68 Å². The molecule has 22 heavy (non-hydrogen) atoms. The average molecular weight is 314 g/mol. The van der Waals surface area contributed by atoms with E-state index in [2.05, 4.69) is 32.7 Å². The van der Waals surface area contributed by atoms with Crippen LogP contribution in [0.5, 0.6) is 0 Å². The van der Waals surface area contributed by atoms with Crippen LogP contribution in [0.3, 0.4) is 0 Å². The van der Waals surface area contributed by atoms with Crippen LogP contribution in [-0.2, 0) is 13.6 Å². The number of hydrogen-bond donors (Lipinski definition) is 1. The first-order valence-electron chi connectivity index (χ1n) is 6.87. The molecule has 0 aliphatic carbocycles. The van der Waals surface area contributed by atoms with Crippen molar-refractivity contribution in [2.45, 2.75) is 20.4 Å². The van der Waals surface area contributed by atoms with Crippen LogP contribution in [0, 0.1) is 13.8 Å². The minimum atomic E-state index is 0.570. The van der Waals surface area contributed by atoms with Crippen molar-refractivity contribution in [1.29, 1.82) is 0 Å². The summed E-state index contributed by atoms with van der Waals surface area (Å²) in [6, 6.07) is 1.83. The Morgan fingerprint density at radius 1 is 1.32 bits per heavy atom. The summed E-state index contributed by atoms with van der Waals surface area (Å²) in [5.41, 5.74) is 4.04. The van der Waals surface area contributed by atoms with Crippen molar-refractivity contribution >= 4 is 37.6 Å². The van der Waals surface area contributed by atoms with Gasteiger partial charge < -0.3 is 9.84 Å². The molecule has 0 aromatic carbocycles. The van der Waals surface area contributed by atoms with Crippen LogP contribution in [-0.4, -0.2) is 25.1 Å². The van der Waals surface area contributed by atoms with E-state index in [-0.39, 0.29) is 0 Å². The minimum absolute atomic E-state index is 0.570. The third-order valence-corrected chi connectivity index (χ3v) is 4.86. The zero-order chi connectivity index (χ0) is 15.3. The quantitative estimate of drug-likeness (QED) is 0.626.